The molecule has 0 aliphatic heterocycles. The maximum atomic E-state index is 13.4. The van der Waals surface area contributed by atoms with Crippen molar-refractivity contribution in [2.45, 2.75) is 38.8 Å². The van der Waals surface area contributed by atoms with Crippen LogP contribution in [0.4, 0.5) is 0 Å². The second kappa shape index (κ2) is 12.0. The molecule has 3 aromatic heterocycles. The van der Waals surface area contributed by atoms with Crippen LogP contribution < -0.4 is 5.32 Å². The zero-order valence-corrected chi connectivity index (χ0v) is 22.9. The Hall–Kier alpha value is -5.11. The molecule has 0 saturated carbocycles. The van der Waals surface area contributed by atoms with Crippen LogP contribution in [-0.4, -0.2) is 35.6 Å². The lowest BCUT2D eigenvalue weighted by molar-refractivity contribution is 0.0935. The third kappa shape index (κ3) is 5.77. The first-order chi connectivity index (χ1) is 20.2. The number of aryl methyl sites for hydroxylation is 3. The van der Waals surface area contributed by atoms with Crippen molar-refractivity contribution in [1.82, 2.24) is 35.0 Å². The largest absolute Gasteiger partial charge is 0.361 e. The smallest absolute Gasteiger partial charge is 0.272 e. The molecule has 0 saturated heterocycles. The predicted octanol–water partition coefficient (Wildman–Crippen LogP) is 5.46. The second-order valence-corrected chi connectivity index (χ2v) is 10.0. The normalized spacial score (nSPS) is 11.9. The topological polar surface area (TPSA) is 101 Å². The van der Waals surface area contributed by atoms with Gasteiger partial charge in [0.2, 0.25) is 0 Å². The zero-order chi connectivity index (χ0) is 28.0. The summed E-state index contributed by atoms with van der Waals surface area (Å²) in [5.41, 5.74) is 5.79. The summed E-state index contributed by atoms with van der Waals surface area (Å²) >= 11 is 0. The maximum absolute atomic E-state index is 13.4. The molecular formula is C33H31N7O. The number of amides is 1. The van der Waals surface area contributed by atoms with Gasteiger partial charge < -0.3 is 14.9 Å². The summed E-state index contributed by atoms with van der Waals surface area (Å²) in [5.74, 6) is 1.19. The highest BCUT2D eigenvalue weighted by molar-refractivity contribution is 5.93. The van der Waals surface area contributed by atoms with Crippen molar-refractivity contribution in [1.29, 1.82) is 0 Å². The molecule has 3 heterocycles. The van der Waals surface area contributed by atoms with Crippen LogP contribution in [0.2, 0.25) is 0 Å². The summed E-state index contributed by atoms with van der Waals surface area (Å²) in [6.45, 7) is 2.73. The third-order valence-corrected chi connectivity index (χ3v) is 7.37. The molecule has 0 fully saturated rings. The number of nitrogens with zero attached hydrogens (tertiary/aromatic N) is 5. The van der Waals surface area contributed by atoms with Crippen molar-refractivity contribution in [3.8, 4) is 0 Å². The van der Waals surface area contributed by atoms with Gasteiger partial charge in [0, 0.05) is 41.5 Å². The maximum Gasteiger partial charge on any atom is 0.272 e. The Morgan fingerprint density at radius 1 is 0.878 bits per heavy atom. The fourth-order valence-electron chi connectivity index (χ4n) is 5.12. The number of carbonyl (C=O) groups is 1. The third-order valence-electron chi connectivity index (χ3n) is 7.37. The minimum atomic E-state index is -0.575. The first kappa shape index (κ1) is 26.1. The SMILES string of the molecule is CCc1ccc(Cn2c(CCc3ccccc3)nnc2[C@H](NC(=O)c2cnccn2)c2c[nH]c3ccccc23)cc1. The second-order valence-electron chi connectivity index (χ2n) is 10.0. The predicted molar refractivity (Wildman–Crippen MR) is 158 cm³/mol. The van der Waals surface area contributed by atoms with Gasteiger partial charge in [-0.15, -0.1) is 10.2 Å². The van der Waals surface area contributed by atoms with Gasteiger partial charge in [-0.2, -0.15) is 0 Å². The Balaban J connectivity index is 1.43. The van der Waals surface area contributed by atoms with Crippen LogP contribution in [0.3, 0.4) is 0 Å². The van der Waals surface area contributed by atoms with Crippen LogP contribution >= 0.6 is 0 Å². The Morgan fingerprint density at radius 3 is 2.44 bits per heavy atom. The standard InChI is InChI=1S/C33H31N7O/c1-2-23-12-14-25(15-13-23)22-40-30(17-16-24-8-4-3-5-9-24)38-39-32(40)31(37-33(41)29-21-34-18-19-35-29)27-20-36-28-11-7-6-10-26(27)28/h3-15,18-21,31,36H,2,16-17,22H2,1H3,(H,37,41)/t31-/m1/s1. The van der Waals surface area contributed by atoms with Crippen molar-refractivity contribution >= 4 is 16.8 Å². The highest BCUT2D eigenvalue weighted by Crippen LogP contribution is 2.30. The van der Waals surface area contributed by atoms with Crippen molar-refractivity contribution in [2.75, 3.05) is 0 Å². The number of para-hydroxylation sites is 1. The Bertz CT molecular complexity index is 1740. The fraction of sp³-hybridized carbons (Fsp3) is 0.182. The molecule has 0 spiro atoms. The summed E-state index contributed by atoms with van der Waals surface area (Å²) < 4.78 is 2.15. The summed E-state index contributed by atoms with van der Waals surface area (Å²) in [7, 11) is 0. The van der Waals surface area contributed by atoms with Gasteiger partial charge >= 0.3 is 0 Å². The molecular weight excluding hydrogens is 510 g/mol. The fourth-order valence-corrected chi connectivity index (χ4v) is 5.12. The molecule has 8 heteroatoms. The van der Waals surface area contributed by atoms with Crippen LogP contribution in [0.15, 0.2) is 104 Å². The van der Waals surface area contributed by atoms with Crippen molar-refractivity contribution in [2.24, 2.45) is 0 Å². The van der Waals surface area contributed by atoms with E-state index >= 15 is 0 Å². The molecule has 0 aliphatic carbocycles. The van der Waals surface area contributed by atoms with Crippen molar-refractivity contribution < 1.29 is 4.79 Å². The number of hydrogen-bond acceptors (Lipinski definition) is 5. The molecule has 6 aromatic rings. The molecule has 0 aliphatic rings. The molecule has 6 rings (SSSR count). The molecule has 1 amide bonds. The van der Waals surface area contributed by atoms with E-state index in [1.165, 1.54) is 23.5 Å². The number of carbonyl (C=O) groups excluding carboxylic acids is 1. The van der Waals surface area contributed by atoms with Gasteiger partial charge in [-0.3, -0.25) is 9.78 Å². The number of nitrogens with one attached hydrogen (secondary N) is 2. The molecule has 8 nitrogen and oxygen atoms in total. The Morgan fingerprint density at radius 2 is 1.66 bits per heavy atom. The summed E-state index contributed by atoms with van der Waals surface area (Å²) in [4.78, 5) is 25.1. The van der Waals surface area contributed by atoms with Gasteiger partial charge in [0.25, 0.3) is 5.91 Å². The van der Waals surface area contributed by atoms with Crippen LogP contribution in [-0.2, 0) is 25.8 Å². The van der Waals surface area contributed by atoms with Crippen LogP contribution in [0.25, 0.3) is 10.9 Å². The lowest BCUT2D eigenvalue weighted by Gasteiger charge is -2.20. The first-order valence-electron chi connectivity index (χ1n) is 13.9. The molecule has 2 N–H and O–H groups in total. The summed E-state index contributed by atoms with van der Waals surface area (Å²) in [6.07, 6.45) is 8.99. The van der Waals surface area contributed by atoms with Gasteiger partial charge in [0.1, 0.15) is 17.6 Å². The number of fused-ring (bicyclic) bond motifs is 1. The van der Waals surface area contributed by atoms with Crippen molar-refractivity contribution in [3.05, 3.63) is 143 Å². The number of hydrogen-bond donors (Lipinski definition) is 2. The van der Waals surface area contributed by atoms with Gasteiger partial charge in [-0.25, -0.2) is 4.98 Å². The number of aromatic nitrogens is 6. The molecule has 3 aromatic carbocycles. The number of rotatable bonds is 10. The van der Waals surface area contributed by atoms with Crippen LogP contribution in [0.5, 0.6) is 0 Å². The van der Waals surface area contributed by atoms with E-state index in [2.05, 4.69) is 85.4 Å². The van der Waals surface area contributed by atoms with Gasteiger partial charge in [-0.1, -0.05) is 79.7 Å². The molecule has 41 heavy (non-hydrogen) atoms. The molecule has 204 valence electrons. The molecule has 1 atom stereocenters. The van der Waals surface area contributed by atoms with E-state index in [1.807, 2.05) is 36.5 Å². The van der Waals surface area contributed by atoms with Gasteiger partial charge in [0.05, 0.1) is 12.7 Å². The van der Waals surface area contributed by atoms with Crippen LogP contribution in [0, 0.1) is 0 Å². The lowest BCUT2D eigenvalue weighted by Crippen LogP contribution is -2.32. The first-order valence-corrected chi connectivity index (χ1v) is 13.9. The molecule has 0 bridgehead atoms. The van der Waals surface area contributed by atoms with E-state index in [4.69, 9.17) is 5.10 Å². The average Bonchev–Trinajstić information content (AvgIpc) is 3.64. The summed E-state index contributed by atoms with van der Waals surface area (Å²) in [5, 5.41) is 13.6. The van der Waals surface area contributed by atoms with Crippen LogP contribution in [0.1, 0.15) is 57.4 Å². The van der Waals surface area contributed by atoms with E-state index in [0.29, 0.717) is 18.8 Å². The molecule has 0 unspecified atom stereocenters. The lowest BCUT2D eigenvalue weighted by atomic mass is 10.0. The van der Waals surface area contributed by atoms with Crippen molar-refractivity contribution in [3.63, 3.8) is 0 Å². The molecule has 0 radical (unpaired) electrons. The minimum absolute atomic E-state index is 0.239. The Kier molecular flexibility index (Phi) is 7.62. The quantitative estimate of drug-likeness (QED) is 0.240. The van der Waals surface area contributed by atoms with E-state index in [1.54, 1.807) is 6.20 Å². The number of H-pyrrole nitrogens is 1. The van der Waals surface area contributed by atoms with Gasteiger partial charge in [-0.05, 0) is 35.6 Å². The monoisotopic (exact) mass is 541 g/mol. The highest BCUT2D eigenvalue weighted by Gasteiger charge is 2.28. The minimum Gasteiger partial charge on any atom is -0.361 e. The van der Waals surface area contributed by atoms with Gasteiger partial charge in [0.15, 0.2) is 5.82 Å². The number of benzene rings is 3. The highest BCUT2D eigenvalue weighted by atomic mass is 16.2. The Labute approximate surface area is 238 Å². The number of aromatic amines is 1. The van der Waals surface area contributed by atoms with E-state index in [-0.39, 0.29) is 11.6 Å². The van der Waals surface area contributed by atoms with E-state index in [0.717, 1.165) is 40.7 Å². The van der Waals surface area contributed by atoms with E-state index in [9.17, 15) is 4.79 Å². The zero-order valence-electron chi connectivity index (χ0n) is 22.9. The summed E-state index contributed by atoms with van der Waals surface area (Å²) in [6, 6.07) is 26.5. The average molecular weight is 542 g/mol. The van der Waals surface area contributed by atoms with E-state index < -0.39 is 6.04 Å².